The monoisotopic (exact) mass is 205 g/mol. The van der Waals surface area contributed by atoms with Crippen LogP contribution in [-0.2, 0) is 11.2 Å². The van der Waals surface area contributed by atoms with Gasteiger partial charge in [0.05, 0.1) is 5.92 Å². The molecule has 2 rings (SSSR count). The van der Waals surface area contributed by atoms with Crippen LogP contribution in [0.25, 0.3) is 0 Å². The first kappa shape index (κ1) is 10.0. The lowest BCUT2D eigenvalue weighted by Crippen LogP contribution is -2.17. The van der Waals surface area contributed by atoms with Gasteiger partial charge in [-0.25, -0.2) is 0 Å². The first-order chi connectivity index (χ1) is 7.11. The number of carboxylic acids is 1. The number of nitrogens with two attached hydrogens (primary N) is 1. The second-order valence-corrected chi connectivity index (χ2v) is 4.19. The maximum absolute atomic E-state index is 10.9. The summed E-state index contributed by atoms with van der Waals surface area (Å²) in [5, 5.41) is 9.01. The van der Waals surface area contributed by atoms with E-state index in [4.69, 9.17) is 10.8 Å². The van der Waals surface area contributed by atoms with Gasteiger partial charge in [0.25, 0.3) is 0 Å². The Morgan fingerprint density at radius 1 is 1.60 bits per heavy atom. The Kier molecular flexibility index (Phi) is 2.39. The number of carbonyl (C=O) groups is 1. The Labute approximate surface area is 88.9 Å². The molecule has 0 aliphatic heterocycles. The highest BCUT2D eigenvalue weighted by atomic mass is 16.4. The molecule has 3 nitrogen and oxygen atoms in total. The van der Waals surface area contributed by atoms with E-state index in [9.17, 15) is 4.79 Å². The number of nitrogen functional groups attached to an aromatic ring is 1. The fraction of sp³-hybridized carbons (Fsp3) is 0.417. The van der Waals surface area contributed by atoms with E-state index in [0.717, 1.165) is 29.7 Å². The van der Waals surface area contributed by atoms with E-state index >= 15 is 0 Å². The maximum Gasteiger partial charge on any atom is 0.306 e. The Balaban J connectivity index is 2.37. The minimum atomic E-state index is -0.727. The standard InChI is InChI=1S/C12H15NO2/c1-7(12(14)15)8-5-6-10-9(8)3-2-4-11(10)13/h2-4,7-8H,5-6,13H2,1H3,(H,14,15). The summed E-state index contributed by atoms with van der Waals surface area (Å²) in [5.41, 5.74) is 8.94. The van der Waals surface area contributed by atoms with Gasteiger partial charge in [-0.1, -0.05) is 19.1 Å². The lowest BCUT2D eigenvalue weighted by atomic mass is 9.88. The van der Waals surface area contributed by atoms with Crippen molar-refractivity contribution >= 4 is 11.7 Å². The summed E-state index contributed by atoms with van der Waals surface area (Å²) in [5.74, 6) is -0.927. The average Bonchev–Trinajstić information content (AvgIpc) is 2.61. The molecule has 1 aromatic rings. The van der Waals surface area contributed by atoms with Crippen molar-refractivity contribution in [2.24, 2.45) is 5.92 Å². The summed E-state index contributed by atoms with van der Waals surface area (Å²) < 4.78 is 0. The lowest BCUT2D eigenvalue weighted by molar-refractivity contribution is -0.141. The molecule has 3 N–H and O–H groups in total. The van der Waals surface area contributed by atoms with Crippen molar-refractivity contribution < 1.29 is 9.90 Å². The Morgan fingerprint density at radius 3 is 3.00 bits per heavy atom. The highest BCUT2D eigenvalue weighted by Crippen LogP contribution is 2.40. The van der Waals surface area contributed by atoms with Crippen LogP contribution in [0.2, 0.25) is 0 Å². The molecule has 0 fully saturated rings. The predicted octanol–water partition coefficient (Wildman–Crippen LogP) is 2.02. The number of hydrogen-bond acceptors (Lipinski definition) is 2. The first-order valence-corrected chi connectivity index (χ1v) is 5.21. The quantitative estimate of drug-likeness (QED) is 0.726. The van der Waals surface area contributed by atoms with Crippen LogP contribution in [-0.4, -0.2) is 11.1 Å². The van der Waals surface area contributed by atoms with Crippen LogP contribution in [0.4, 0.5) is 5.69 Å². The van der Waals surface area contributed by atoms with Crippen molar-refractivity contribution in [3.63, 3.8) is 0 Å². The molecule has 2 unspecified atom stereocenters. The van der Waals surface area contributed by atoms with Gasteiger partial charge in [0.15, 0.2) is 0 Å². The van der Waals surface area contributed by atoms with Gasteiger partial charge in [0.2, 0.25) is 0 Å². The van der Waals surface area contributed by atoms with Gasteiger partial charge in [0.1, 0.15) is 0 Å². The van der Waals surface area contributed by atoms with E-state index in [1.807, 2.05) is 18.2 Å². The predicted molar refractivity (Wildman–Crippen MR) is 58.7 cm³/mol. The molecule has 3 heteroatoms. The molecule has 1 aliphatic rings. The van der Waals surface area contributed by atoms with E-state index in [1.54, 1.807) is 6.92 Å². The number of anilines is 1. The van der Waals surface area contributed by atoms with Crippen LogP contribution in [0.3, 0.4) is 0 Å². The molecular weight excluding hydrogens is 190 g/mol. The Bertz CT molecular complexity index is 401. The second-order valence-electron chi connectivity index (χ2n) is 4.19. The van der Waals surface area contributed by atoms with E-state index in [-0.39, 0.29) is 11.8 Å². The number of aliphatic carboxylic acids is 1. The molecule has 0 bridgehead atoms. The van der Waals surface area contributed by atoms with Crippen LogP contribution < -0.4 is 5.73 Å². The van der Waals surface area contributed by atoms with Crippen molar-refractivity contribution in [2.45, 2.75) is 25.7 Å². The van der Waals surface area contributed by atoms with Gasteiger partial charge in [-0.2, -0.15) is 0 Å². The third-order valence-corrected chi connectivity index (χ3v) is 3.35. The third-order valence-electron chi connectivity index (χ3n) is 3.35. The van der Waals surface area contributed by atoms with Gasteiger partial charge in [-0.3, -0.25) is 4.79 Å². The second kappa shape index (κ2) is 3.57. The van der Waals surface area contributed by atoms with Gasteiger partial charge in [-0.15, -0.1) is 0 Å². The molecule has 0 amide bonds. The van der Waals surface area contributed by atoms with E-state index in [1.165, 1.54) is 0 Å². The lowest BCUT2D eigenvalue weighted by Gasteiger charge is -2.16. The van der Waals surface area contributed by atoms with Gasteiger partial charge >= 0.3 is 5.97 Å². The molecule has 2 atom stereocenters. The normalized spacial score (nSPS) is 21.0. The minimum absolute atomic E-state index is 0.126. The van der Waals surface area contributed by atoms with Crippen LogP contribution in [0.5, 0.6) is 0 Å². The molecule has 0 heterocycles. The highest BCUT2D eigenvalue weighted by Gasteiger charge is 2.31. The van der Waals surface area contributed by atoms with E-state index < -0.39 is 5.97 Å². The molecule has 0 saturated carbocycles. The summed E-state index contributed by atoms with van der Waals surface area (Å²) in [6.45, 7) is 1.77. The Hall–Kier alpha value is -1.51. The zero-order valence-corrected chi connectivity index (χ0v) is 8.73. The van der Waals surface area contributed by atoms with Crippen LogP contribution in [0.1, 0.15) is 30.4 Å². The van der Waals surface area contributed by atoms with Crippen LogP contribution in [0, 0.1) is 5.92 Å². The van der Waals surface area contributed by atoms with Crippen molar-refractivity contribution in [2.75, 3.05) is 5.73 Å². The SMILES string of the molecule is CC(C(=O)O)C1CCc2c(N)cccc21. The van der Waals surface area contributed by atoms with Crippen molar-refractivity contribution in [3.8, 4) is 0 Å². The van der Waals surface area contributed by atoms with Crippen LogP contribution >= 0.6 is 0 Å². The molecule has 0 spiro atoms. The molecule has 15 heavy (non-hydrogen) atoms. The largest absolute Gasteiger partial charge is 0.481 e. The average molecular weight is 205 g/mol. The van der Waals surface area contributed by atoms with Crippen molar-refractivity contribution in [1.82, 2.24) is 0 Å². The Morgan fingerprint density at radius 2 is 2.33 bits per heavy atom. The van der Waals surface area contributed by atoms with Gasteiger partial charge in [0, 0.05) is 5.69 Å². The molecule has 1 aromatic carbocycles. The molecule has 0 radical (unpaired) electrons. The summed E-state index contributed by atoms with van der Waals surface area (Å²) in [6.07, 6.45) is 1.81. The number of hydrogen-bond donors (Lipinski definition) is 2. The topological polar surface area (TPSA) is 63.3 Å². The minimum Gasteiger partial charge on any atom is -0.481 e. The fourth-order valence-electron chi connectivity index (χ4n) is 2.41. The van der Waals surface area contributed by atoms with Crippen molar-refractivity contribution in [1.29, 1.82) is 0 Å². The number of carboxylic acid groups (broad SMARTS) is 1. The van der Waals surface area contributed by atoms with Gasteiger partial charge < -0.3 is 10.8 Å². The molecule has 0 saturated heterocycles. The van der Waals surface area contributed by atoms with Crippen molar-refractivity contribution in [3.05, 3.63) is 29.3 Å². The fourth-order valence-corrected chi connectivity index (χ4v) is 2.41. The summed E-state index contributed by atoms with van der Waals surface area (Å²) in [7, 11) is 0. The molecule has 0 aromatic heterocycles. The van der Waals surface area contributed by atoms with Crippen LogP contribution in [0.15, 0.2) is 18.2 Å². The van der Waals surface area contributed by atoms with E-state index in [2.05, 4.69) is 0 Å². The number of fused-ring (bicyclic) bond motifs is 1. The summed E-state index contributed by atoms with van der Waals surface area (Å²) >= 11 is 0. The summed E-state index contributed by atoms with van der Waals surface area (Å²) in [6, 6.07) is 5.79. The zero-order valence-electron chi connectivity index (χ0n) is 8.73. The number of benzene rings is 1. The highest BCUT2D eigenvalue weighted by molar-refractivity contribution is 5.72. The molecule has 1 aliphatic carbocycles. The van der Waals surface area contributed by atoms with Gasteiger partial charge in [-0.05, 0) is 36.0 Å². The first-order valence-electron chi connectivity index (χ1n) is 5.21. The number of rotatable bonds is 2. The smallest absolute Gasteiger partial charge is 0.306 e. The molecular formula is C12H15NO2. The maximum atomic E-state index is 10.9. The zero-order chi connectivity index (χ0) is 11.0. The van der Waals surface area contributed by atoms with E-state index in [0.29, 0.717) is 0 Å². The summed E-state index contributed by atoms with van der Waals surface area (Å²) in [4.78, 5) is 10.9. The molecule has 80 valence electrons. The third kappa shape index (κ3) is 1.58.